The molecule has 0 radical (unpaired) electrons. The van der Waals surface area contributed by atoms with Crippen molar-refractivity contribution < 1.29 is 14.8 Å². The number of methoxy groups -OCH3 is 1. The first-order chi connectivity index (χ1) is 13.0. The first-order valence-corrected chi connectivity index (χ1v) is 9.78. The van der Waals surface area contributed by atoms with Crippen molar-refractivity contribution in [3.8, 4) is 6.07 Å². The van der Waals surface area contributed by atoms with E-state index >= 15 is 0 Å². The number of thiol groups is 1. The Morgan fingerprint density at radius 1 is 1.37 bits per heavy atom. The fourth-order valence-electron chi connectivity index (χ4n) is 3.23. The lowest BCUT2D eigenvalue weighted by Crippen LogP contribution is -2.85. The molecular weight excluding hydrogens is 382 g/mol. The van der Waals surface area contributed by atoms with Gasteiger partial charge in [0.1, 0.15) is 0 Å². The highest BCUT2D eigenvalue weighted by molar-refractivity contribution is 7.84. The molecule has 1 saturated heterocycles. The molecule has 2 aliphatic rings. The van der Waals surface area contributed by atoms with Gasteiger partial charge in [0, 0.05) is 10.7 Å². The lowest BCUT2D eigenvalue weighted by Gasteiger charge is -2.27. The lowest BCUT2D eigenvalue weighted by atomic mass is 9.82. The summed E-state index contributed by atoms with van der Waals surface area (Å²) in [4.78, 5) is 12.1. The van der Waals surface area contributed by atoms with E-state index in [1.165, 1.54) is 39.5 Å². The van der Waals surface area contributed by atoms with Gasteiger partial charge in [-0.25, -0.2) is 4.79 Å². The smallest absolute Gasteiger partial charge is 0.336 e. The molecule has 0 spiro atoms. The highest BCUT2D eigenvalue weighted by atomic mass is 35.5. The number of hydrogen-bond acceptors (Lipinski definition) is 5. The molecule has 2 heterocycles. The third kappa shape index (κ3) is 5.52. The third-order valence-electron chi connectivity index (χ3n) is 4.57. The Morgan fingerprint density at radius 2 is 2.07 bits per heavy atom. The van der Waals surface area contributed by atoms with Crippen LogP contribution in [-0.4, -0.2) is 26.2 Å². The zero-order valence-corrected chi connectivity index (χ0v) is 17.2. The number of nitrogens with one attached hydrogen (secondary N) is 1. The number of piperidine rings is 1. The molecule has 7 heteroatoms. The normalized spacial score (nSPS) is 19.4. The van der Waals surface area contributed by atoms with Crippen LogP contribution in [0, 0.1) is 11.3 Å². The van der Waals surface area contributed by atoms with Crippen LogP contribution in [0.3, 0.4) is 0 Å². The molecule has 1 fully saturated rings. The number of quaternary nitrogens is 1. The number of allylic oxidation sites excluding steroid dienone is 2. The van der Waals surface area contributed by atoms with E-state index in [0.717, 1.165) is 5.56 Å². The Hall–Kier alpha value is -1.94. The number of nitriles is 1. The fraction of sp³-hybridized carbons (Fsp3) is 0.400. The number of esters is 1. The quantitative estimate of drug-likeness (QED) is 0.521. The third-order valence-corrected chi connectivity index (χ3v) is 5.15. The summed E-state index contributed by atoms with van der Waals surface area (Å²) in [6.07, 6.45) is 4.36. The molecule has 1 unspecified atom stereocenters. The Morgan fingerprint density at radius 3 is 2.56 bits per heavy atom. The number of nitrogens with two attached hydrogens (primary N) is 1. The van der Waals surface area contributed by atoms with Gasteiger partial charge in [-0.15, -0.1) is 12.6 Å². The molecule has 0 amide bonds. The van der Waals surface area contributed by atoms with Gasteiger partial charge >= 0.3 is 5.97 Å². The summed E-state index contributed by atoms with van der Waals surface area (Å²) in [7, 11) is 1.31. The number of benzene rings is 1. The highest BCUT2D eigenvalue weighted by Gasteiger charge is 2.34. The molecule has 0 saturated carbocycles. The van der Waals surface area contributed by atoms with Crippen LogP contribution in [0.25, 0.3) is 0 Å². The molecule has 1 aromatic carbocycles. The van der Waals surface area contributed by atoms with Crippen LogP contribution >= 0.6 is 24.2 Å². The molecule has 5 nitrogen and oxygen atoms in total. The number of nitrogens with zero attached hydrogens (tertiary/aromatic N) is 1. The number of rotatable bonds is 2. The van der Waals surface area contributed by atoms with Gasteiger partial charge in [0.05, 0.1) is 48.4 Å². The van der Waals surface area contributed by atoms with Crippen LogP contribution in [0.4, 0.5) is 0 Å². The standard InChI is InChI=1S/C15H13ClN2O2S.C5H11N/c1-8-12(15(19)20-2)13(11(7-17)14(21)18-8)9-4-3-5-10(16)6-9;1-2-4-6-5-3-1/h3-6,13,18,21H,1-2H3;6H,1-5H2/p+1. The predicted octanol–water partition coefficient (Wildman–Crippen LogP) is 2.87. The van der Waals surface area contributed by atoms with Crippen molar-refractivity contribution in [3.63, 3.8) is 0 Å². The summed E-state index contributed by atoms with van der Waals surface area (Å²) < 4.78 is 4.84. The van der Waals surface area contributed by atoms with Crippen molar-refractivity contribution in [1.82, 2.24) is 5.32 Å². The monoisotopic (exact) mass is 406 g/mol. The van der Waals surface area contributed by atoms with E-state index in [4.69, 9.17) is 16.3 Å². The zero-order valence-electron chi connectivity index (χ0n) is 15.6. The Bertz CT molecular complexity index is 783. The van der Waals surface area contributed by atoms with E-state index in [-0.39, 0.29) is 0 Å². The van der Waals surface area contributed by atoms with E-state index in [0.29, 0.717) is 26.9 Å². The molecule has 0 aromatic heterocycles. The maximum Gasteiger partial charge on any atom is 0.336 e. The Labute approximate surface area is 170 Å². The first-order valence-electron chi connectivity index (χ1n) is 8.96. The van der Waals surface area contributed by atoms with Crippen molar-refractivity contribution in [2.45, 2.75) is 32.1 Å². The van der Waals surface area contributed by atoms with Crippen LogP contribution in [-0.2, 0) is 9.53 Å². The second kappa shape index (κ2) is 10.4. The largest absolute Gasteiger partial charge is 0.466 e. The SMILES string of the molecule is C1CC[NH2+]CC1.COC(=O)C1=C(C)NC(S)=C(C#N)C1c1cccc(Cl)c1. The summed E-state index contributed by atoms with van der Waals surface area (Å²) in [5, 5.41) is 15.7. The van der Waals surface area contributed by atoms with Gasteiger partial charge in [-0.05, 0) is 43.9 Å². The minimum atomic E-state index is -0.546. The van der Waals surface area contributed by atoms with Crippen LogP contribution in [0.5, 0.6) is 0 Å². The summed E-state index contributed by atoms with van der Waals surface area (Å²) in [6, 6.07) is 9.16. The van der Waals surface area contributed by atoms with Gasteiger partial charge in [0.2, 0.25) is 0 Å². The molecule has 2 aliphatic heterocycles. The number of hydrogen-bond donors (Lipinski definition) is 3. The number of halogens is 1. The average Bonchev–Trinajstić information content (AvgIpc) is 2.68. The first kappa shape index (κ1) is 21.4. The predicted molar refractivity (Wildman–Crippen MR) is 109 cm³/mol. The van der Waals surface area contributed by atoms with Crippen LogP contribution in [0.2, 0.25) is 5.02 Å². The second-order valence-corrected chi connectivity index (χ2v) is 7.33. The van der Waals surface area contributed by atoms with E-state index < -0.39 is 11.9 Å². The van der Waals surface area contributed by atoms with Crippen molar-refractivity contribution >= 4 is 30.2 Å². The molecule has 144 valence electrons. The van der Waals surface area contributed by atoms with Crippen LogP contribution in [0.1, 0.15) is 37.7 Å². The molecule has 1 aromatic rings. The second-order valence-electron chi connectivity index (χ2n) is 6.44. The fourth-order valence-corrected chi connectivity index (χ4v) is 3.77. The van der Waals surface area contributed by atoms with E-state index in [1.807, 2.05) is 6.07 Å². The van der Waals surface area contributed by atoms with Crippen molar-refractivity contribution in [2.75, 3.05) is 20.2 Å². The van der Waals surface area contributed by atoms with Gasteiger partial charge < -0.3 is 15.4 Å². The molecule has 1 atom stereocenters. The minimum absolute atomic E-state index is 0.353. The molecule has 3 rings (SSSR count). The van der Waals surface area contributed by atoms with Gasteiger partial charge in [0.15, 0.2) is 0 Å². The number of ether oxygens (including phenoxy) is 1. The van der Waals surface area contributed by atoms with Gasteiger partial charge in [-0.3, -0.25) is 0 Å². The van der Waals surface area contributed by atoms with Crippen molar-refractivity contribution in [2.24, 2.45) is 0 Å². The van der Waals surface area contributed by atoms with Crippen LogP contribution in [0.15, 0.2) is 46.1 Å². The molecule has 27 heavy (non-hydrogen) atoms. The summed E-state index contributed by atoms with van der Waals surface area (Å²) >= 11 is 10.3. The topological polar surface area (TPSA) is 78.7 Å². The van der Waals surface area contributed by atoms with E-state index in [1.54, 1.807) is 25.1 Å². The zero-order chi connectivity index (χ0) is 19.8. The summed E-state index contributed by atoms with van der Waals surface area (Å²) in [5.74, 6) is -1.03. The maximum absolute atomic E-state index is 12.1. The number of dihydropyridines is 1. The lowest BCUT2D eigenvalue weighted by molar-refractivity contribution is -0.662. The molecule has 0 aliphatic carbocycles. The van der Waals surface area contributed by atoms with E-state index in [9.17, 15) is 10.1 Å². The Kier molecular flexibility index (Phi) is 8.23. The highest BCUT2D eigenvalue weighted by Crippen LogP contribution is 2.39. The maximum atomic E-state index is 12.1. The van der Waals surface area contributed by atoms with Gasteiger partial charge in [-0.2, -0.15) is 5.26 Å². The summed E-state index contributed by atoms with van der Waals surface area (Å²) in [6.45, 7) is 4.49. The molecule has 0 bridgehead atoms. The molecular formula is C20H25ClN3O2S+. The van der Waals surface area contributed by atoms with Gasteiger partial charge in [0.25, 0.3) is 0 Å². The van der Waals surface area contributed by atoms with Gasteiger partial charge in [-0.1, -0.05) is 23.7 Å². The molecule has 3 N–H and O–H groups in total. The average molecular weight is 407 g/mol. The number of carbonyl (C=O) groups is 1. The minimum Gasteiger partial charge on any atom is -0.466 e. The van der Waals surface area contributed by atoms with Crippen molar-refractivity contribution in [3.05, 3.63) is 56.7 Å². The number of carbonyl (C=O) groups excluding carboxylic acids is 1. The Balaban J connectivity index is 0.000000369. The summed E-state index contributed by atoms with van der Waals surface area (Å²) in [5.41, 5.74) is 2.09. The van der Waals surface area contributed by atoms with Crippen LogP contribution < -0.4 is 10.6 Å². The van der Waals surface area contributed by atoms with E-state index in [2.05, 4.69) is 29.3 Å². The van der Waals surface area contributed by atoms with Crippen molar-refractivity contribution in [1.29, 1.82) is 5.26 Å².